The van der Waals surface area contributed by atoms with Crippen molar-refractivity contribution >= 4 is 44.2 Å². The fraction of sp³-hybridized carbons (Fsp3) is 0.571. The van der Waals surface area contributed by atoms with Crippen LogP contribution in [0.2, 0.25) is 0 Å². The van der Waals surface area contributed by atoms with Gasteiger partial charge in [-0.1, -0.05) is 23.1 Å². The van der Waals surface area contributed by atoms with E-state index in [4.69, 9.17) is 5.11 Å². The van der Waals surface area contributed by atoms with E-state index in [0.717, 1.165) is 23.1 Å². The molecule has 1 aliphatic carbocycles. The molecule has 0 amide bonds. The summed E-state index contributed by atoms with van der Waals surface area (Å²) in [5.74, 6) is -1.07. The first kappa shape index (κ1) is 12.6. The Hall–Kier alpha value is -0.870. The van der Waals surface area contributed by atoms with Crippen molar-refractivity contribution in [3.05, 3.63) is 0 Å². The molecule has 2 rings (SSSR count). The number of nitrogens with zero attached hydrogens (tertiary/aromatic N) is 2. The molecular formula is C7H9N3O4S3. The van der Waals surface area contributed by atoms with Gasteiger partial charge in [-0.2, -0.15) is 0 Å². The topological polar surface area (TPSA) is 109 Å². The van der Waals surface area contributed by atoms with Crippen LogP contribution in [-0.4, -0.2) is 40.7 Å². The number of thioether (sulfide) groups is 1. The van der Waals surface area contributed by atoms with Crippen LogP contribution in [-0.2, 0) is 14.8 Å². The van der Waals surface area contributed by atoms with Crippen LogP contribution >= 0.6 is 23.1 Å². The molecule has 1 saturated carbocycles. The van der Waals surface area contributed by atoms with E-state index in [1.54, 1.807) is 0 Å². The average Bonchev–Trinajstić information content (AvgIpc) is 2.99. The number of nitrogens with one attached hydrogen (secondary N) is 1. The number of sulfonamides is 1. The molecule has 7 nitrogen and oxygen atoms in total. The van der Waals surface area contributed by atoms with Crippen LogP contribution in [0.3, 0.4) is 0 Å². The number of carboxylic acids is 1. The fourth-order valence-corrected chi connectivity index (χ4v) is 4.06. The van der Waals surface area contributed by atoms with Crippen LogP contribution in [0.5, 0.6) is 0 Å². The molecule has 0 aromatic carbocycles. The first-order valence-electron chi connectivity index (χ1n) is 4.67. The third-order valence-electron chi connectivity index (χ3n) is 1.92. The Morgan fingerprint density at radius 2 is 2.24 bits per heavy atom. The van der Waals surface area contributed by atoms with Gasteiger partial charge in [-0.15, -0.1) is 10.2 Å². The van der Waals surface area contributed by atoms with Crippen molar-refractivity contribution in [3.63, 3.8) is 0 Å². The first-order chi connectivity index (χ1) is 7.97. The fourth-order valence-electron chi connectivity index (χ4n) is 1.02. The van der Waals surface area contributed by atoms with Crippen molar-refractivity contribution in [2.24, 2.45) is 0 Å². The predicted molar refractivity (Wildman–Crippen MR) is 63.8 cm³/mol. The Bertz CT molecular complexity index is 522. The smallest absolute Gasteiger partial charge is 0.313 e. The predicted octanol–water partition coefficient (Wildman–Crippen LogP) is 0.619. The summed E-state index contributed by atoms with van der Waals surface area (Å²) < 4.78 is 25.9. The molecule has 1 aromatic rings. The van der Waals surface area contributed by atoms with E-state index in [9.17, 15) is 13.2 Å². The van der Waals surface area contributed by atoms with Gasteiger partial charge in [0.05, 0.1) is 11.0 Å². The molecule has 0 aliphatic heterocycles. The van der Waals surface area contributed by atoms with Gasteiger partial charge in [0.25, 0.3) is 0 Å². The lowest BCUT2D eigenvalue weighted by atomic mass is 10.8. The maximum atomic E-state index is 11.6. The number of aromatic nitrogens is 2. The molecule has 1 aromatic heterocycles. The Morgan fingerprint density at radius 1 is 1.53 bits per heavy atom. The van der Waals surface area contributed by atoms with Crippen LogP contribution < -0.4 is 4.72 Å². The van der Waals surface area contributed by atoms with Gasteiger partial charge in [-0.05, 0) is 12.8 Å². The Kier molecular flexibility index (Phi) is 3.54. The molecule has 0 bridgehead atoms. The summed E-state index contributed by atoms with van der Waals surface area (Å²) in [7, 11) is -3.33. The van der Waals surface area contributed by atoms with Gasteiger partial charge in [0.15, 0.2) is 4.34 Å². The molecule has 1 aliphatic rings. The SMILES string of the molecule is O=C(O)CSc1nnc(NS(=O)(=O)C2CC2)s1. The van der Waals surface area contributed by atoms with Crippen molar-refractivity contribution in [1.29, 1.82) is 0 Å². The summed E-state index contributed by atoms with van der Waals surface area (Å²) in [5.41, 5.74) is 0. The highest BCUT2D eigenvalue weighted by atomic mass is 32.2. The van der Waals surface area contributed by atoms with Gasteiger partial charge >= 0.3 is 5.97 Å². The van der Waals surface area contributed by atoms with E-state index in [0.29, 0.717) is 17.2 Å². The van der Waals surface area contributed by atoms with E-state index in [2.05, 4.69) is 14.9 Å². The summed E-state index contributed by atoms with van der Waals surface area (Å²) >= 11 is 2.04. The minimum Gasteiger partial charge on any atom is -0.481 e. The minimum atomic E-state index is -3.33. The van der Waals surface area contributed by atoms with Crippen LogP contribution in [0.1, 0.15) is 12.8 Å². The molecule has 0 radical (unpaired) electrons. The zero-order chi connectivity index (χ0) is 12.5. The van der Waals surface area contributed by atoms with Gasteiger partial charge in [0.2, 0.25) is 15.2 Å². The molecule has 17 heavy (non-hydrogen) atoms. The van der Waals surface area contributed by atoms with Crippen LogP contribution in [0.4, 0.5) is 5.13 Å². The lowest BCUT2D eigenvalue weighted by Crippen LogP contribution is -2.17. The van der Waals surface area contributed by atoms with Gasteiger partial charge < -0.3 is 5.11 Å². The maximum absolute atomic E-state index is 11.6. The standard InChI is InChI=1S/C7H9N3O4S3/c11-5(12)3-15-7-9-8-6(16-7)10-17(13,14)4-1-2-4/h4H,1-3H2,(H,8,10)(H,11,12). The Labute approximate surface area is 106 Å². The molecule has 0 atom stereocenters. The van der Waals surface area contributed by atoms with E-state index < -0.39 is 16.0 Å². The number of carboxylic acid groups (broad SMARTS) is 1. The van der Waals surface area contributed by atoms with Crippen molar-refractivity contribution in [2.45, 2.75) is 22.4 Å². The second-order valence-corrected chi connectivity index (χ2v) is 7.56. The van der Waals surface area contributed by atoms with Crippen molar-refractivity contribution < 1.29 is 18.3 Å². The quantitative estimate of drug-likeness (QED) is 0.740. The second kappa shape index (κ2) is 4.78. The molecular weight excluding hydrogens is 286 g/mol. The van der Waals surface area contributed by atoms with E-state index in [1.807, 2.05) is 0 Å². The number of hydrogen-bond donors (Lipinski definition) is 2. The second-order valence-electron chi connectivity index (χ2n) is 3.40. The number of hydrogen-bond acceptors (Lipinski definition) is 7. The summed E-state index contributed by atoms with van der Waals surface area (Å²) in [6.45, 7) is 0. The lowest BCUT2D eigenvalue weighted by molar-refractivity contribution is -0.133. The van der Waals surface area contributed by atoms with E-state index in [1.165, 1.54) is 0 Å². The minimum absolute atomic E-state index is 0.121. The first-order valence-corrected chi connectivity index (χ1v) is 8.02. The normalized spacial score (nSPS) is 15.8. The van der Waals surface area contributed by atoms with Gasteiger partial charge in [0, 0.05) is 0 Å². The molecule has 1 heterocycles. The maximum Gasteiger partial charge on any atom is 0.313 e. The van der Waals surface area contributed by atoms with Crippen molar-refractivity contribution in [1.82, 2.24) is 10.2 Å². The molecule has 10 heteroatoms. The Morgan fingerprint density at radius 3 is 2.82 bits per heavy atom. The summed E-state index contributed by atoms with van der Waals surface area (Å²) in [5, 5.41) is 15.7. The van der Waals surface area contributed by atoms with Gasteiger partial charge in [0.1, 0.15) is 0 Å². The molecule has 2 N–H and O–H groups in total. The monoisotopic (exact) mass is 295 g/mol. The zero-order valence-corrected chi connectivity index (χ0v) is 10.9. The highest BCUT2D eigenvalue weighted by molar-refractivity contribution is 8.01. The third kappa shape index (κ3) is 3.54. The lowest BCUT2D eigenvalue weighted by Gasteiger charge is -2.00. The van der Waals surface area contributed by atoms with Crippen molar-refractivity contribution in [2.75, 3.05) is 10.5 Å². The van der Waals surface area contributed by atoms with Crippen LogP contribution in [0, 0.1) is 0 Å². The average molecular weight is 295 g/mol. The largest absolute Gasteiger partial charge is 0.481 e. The Balaban J connectivity index is 1.96. The third-order valence-corrected chi connectivity index (χ3v) is 5.83. The van der Waals surface area contributed by atoms with Gasteiger partial charge in [-0.3, -0.25) is 9.52 Å². The van der Waals surface area contributed by atoms with Crippen LogP contribution in [0.25, 0.3) is 0 Å². The number of aliphatic carboxylic acids is 1. The molecule has 0 unspecified atom stereocenters. The number of rotatable bonds is 6. The summed E-state index contributed by atoms with van der Waals surface area (Å²) in [6, 6.07) is 0. The summed E-state index contributed by atoms with van der Waals surface area (Å²) in [6.07, 6.45) is 1.35. The van der Waals surface area contributed by atoms with Crippen molar-refractivity contribution in [3.8, 4) is 0 Å². The summed E-state index contributed by atoms with van der Waals surface area (Å²) in [4.78, 5) is 10.3. The zero-order valence-electron chi connectivity index (χ0n) is 8.49. The molecule has 0 saturated heterocycles. The highest BCUT2D eigenvalue weighted by Crippen LogP contribution is 2.31. The number of carbonyl (C=O) groups is 1. The van der Waals surface area contributed by atoms with E-state index >= 15 is 0 Å². The molecule has 94 valence electrons. The number of anilines is 1. The highest BCUT2D eigenvalue weighted by Gasteiger charge is 2.36. The molecule has 1 fully saturated rings. The molecule has 0 spiro atoms. The van der Waals surface area contributed by atoms with Crippen LogP contribution in [0.15, 0.2) is 4.34 Å². The van der Waals surface area contributed by atoms with E-state index in [-0.39, 0.29) is 16.1 Å². The van der Waals surface area contributed by atoms with Gasteiger partial charge in [-0.25, -0.2) is 8.42 Å².